The second-order valence-corrected chi connectivity index (χ2v) is 8.83. The predicted molar refractivity (Wildman–Crippen MR) is 126 cm³/mol. The molecule has 11 heteroatoms. The van der Waals surface area contributed by atoms with Crippen LogP contribution in [0, 0.1) is 6.92 Å². The molecule has 1 amide bonds. The van der Waals surface area contributed by atoms with E-state index in [0.717, 1.165) is 27.8 Å². The highest BCUT2D eigenvalue weighted by Crippen LogP contribution is 2.28. The molecular formula is C20H26N8OS2. The van der Waals surface area contributed by atoms with Crippen molar-refractivity contribution in [2.75, 3.05) is 43.1 Å². The summed E-state index contributed by atoms with van der Waals surface area (Å²) >= 11 is 2.79. The number of benzene rings is 1. The van der Waals surface area contributed by atoms with Crippen LogP contribution in [0.5, 0.6) is 0 Å². The number of nitrogens with one attached hydrogen (secondary N) is 3. The first-order valence-corrected chi connectivity index (χ1v) is 11.4. The van der Waals surface area contributed by atoms with Gasteiger partial charge in [-0.15, -0.1) is 0 Å². The monoisotopic (exact) mass is 458 g/mol. The molecule has 0 saturated carbocycles. The van der Waals surface area contributed by atoms with E-state index in [4.69, 9.17) is 0 Å². The summed E-state index contributed by atoms with van der Waals surface area (Å²) in [7, 11) is 4.03. The molecule has 0 atom stereocenters. The van der Waals surface area contributed by atoms with E-state index in [9.17, 15) is 4.79 Å². The molecule has 2 aromatic heterocycles. The number of carbonyl (C=O) groups excluding carboxylic acids is 1. The summed E-state index contributed by atoms with van der Waals surface area (Å²) in [6.45, 7) is 5.34. The molecule has 3 N–H and O–H groups in total. The Hall–Kier alpha value is -2.76. The van der Waals surface area contributed by atoms with Gasteiger partial charge in [-0.25, -0.2) is 0 Å². The number of hydrogen-bond acceptors (Lipinski definition) is 10. The molecule has 0 aliphatic heterocycles. The summed E-state index contributed by atoms with van der Waals surface area (Å²) in [6.07, 6.45) is 0.444. The number of amides is 1. The van der Waals surface area contributed by atoms with E-state index in [1.165, 1.54) is 23.3 Å². The lowest BCUT2D eigenvalue weighted by Crippen LogP contribution is -2.21. The fourth-order valence-corrected chi connectivity index (χ4v) is 3.82. The molecule has 0 unspecified atom stereocenters. The molecule has 0 bridgehead atoms. The summed E-state index contributed by atoms with van der Waals surface area (Å²) in [5, 5.41) is 10.7. The van der Waals surface area contributed by atoms with E-state index in [2.05, 4.69) is 40.2 Å². The zero-order valence-electron chi connectivity index (χ0n) is 18.0. The summed E-state index contributed by atoms with van der Waals surface area (Å²) in [5.74, 6) is 0.954. The summed E-state index contributed by atoms with van der Waals surface area (Å²) in [4.78, 5) is 28.2. The van der Waals surface area contributed by atoms with Crippen LogP contribution in [0.2, 0.25) is 0 Å². The number of nitrogens with zero attached hydrogens (tertiary/aromatic N) is 5. The van der Waals surface area contributed by atoms with E-state index < -0.39 is 0 Å². The van der Waals surface area contributed by atoms with Gasteiger partial charge in [0.05, 0.1) is 5.69 Å². The highest BCUT2D eigenvalue weighted by Gasteiger charge is 2.10. The standard InChI is InChI=1S/C20H26N8OS2/c1-5-16(29)22-14-6-8-15(9-7-14)30-20-25-18(21-10-11-28(3)4)24-19(26-20)23-17-12-13(2)27-31-17/h6-9,12H,5,10-11H2,1-4H3,(H,22,29)(H2,21,23,24,25,26). The van der Waals surface area contributed by atoms with Crippen LogP contribution in [0.4, 0.5) is 22.6 Å². The van der Waals surface area contributed by atoms with Crippen molar-refractivity contribution in [1.29, 1.82) is 0 Å². The molecule has 0 fully saturated rings. The summed E-state index contributed by atoms with van der Waals surface area (Å²) in [6, 6.07) is 9.54. The molecule has 0 spiro atoms. The van der Waals surface area contributed by atoms with Gasteiger partial charge in [0.15, 0.2) is 5.16 Å². The van der Waals surface area contributed by atoms with Crippen molar-refractivity contribution in [2.24, 2.45) is 0 Å². The fourth-order valence-electron chi connectivity index (χ4n) is 2.42. The molecule has 2 heterocycles. The SMILES string of the molecule is CCC(=O)Nc1ccc(Sc2nc(NCCN(C)C)nc(Nc3cc(C)ns3)n2)cc1. The highest BCUT2D eigenvalue weighted by atomic mass is 32.2. The summed E-state index contributed by atoms with van der Waals surface area (Å²) < 4.78 is 4.28. The number of aromatic nitrogens is 4. The van der Waals surface area contributed by atoms with Crippen LogP contribution in [0.3, 0.4) is 0 Å². The zero-order chi connectivity index (χ0) is 22.2. The van der Waals surface area contributed by atoms with E-state index >= 15 is 0 Å². The molecule has 0 aliphatic rings. The molecule has 3 aromatic rings. The Bertz CT molecular complexity index is 1010. The normalized spacial score (nSPS) is 10.9. The molecule has 0 radical (unpaired) electrons. The van der Waals surface area contributed by atoms with Crippen molar-refractivity contribution in [3.8, 4) is 0 Å². The third-order valence-electron chi connectivity index (χ3n) is 3.99. The van der Waals surface area contributed by atoms with Gasteiger partial charge in [-0.2, -0.15) is 19.3 Å². The molecule has 31 heavy (non-hydrogen) atoms. The average Bonchev–Trinajstić information content (AvgIpc) is 3.13. The van der Waals surface area contributed by atoms with Crippen LogP contribution in [0.25, 0.3) is 0 Å². The van der Waals surface area contributed by atoms with Gasteiger partial charge in [0.2, 0.25) is 17.8 Å². The Morgan fingerprint density at radius 1 is 1.13 bits per heavy atom. The largest absolute Gasteiger partial charge is 0.353 e. The first kappa shape index (κ1) is 22.9. The maximum Gasteiger partial charge on any atom is 0.233 e. The van der Waals surface area contributed by atoms with E-state index in [1.807, 2.05) is 58.3 Å². The maximum atomic E-state index is 11.5. The van der Waals surface area contributed by atoms with Gasteiger partial charge in [0.25, 0.3) is 0 Å². The van der Waals surface area contributed by atoms with E-state index in [0.29, 0.717) is 30.0 Å². The van der Waals surface area contributed by atoms with E-state index in [-0.39, 0.29) is 5.91 Å². The third kappa shape index (κ3) is 7.46. The second kappa shape index (κ2) is 11.0. The van der Waals surface area contributed by atoms with Gasteiger partial charge < -0.3 is 20.9 Å². The topological polar surface area (TPSA) is 108 Å². The average molecular weight is 459 g/mol. The van der Waals surface area contributed by atoms with Crippen LogP contribution in [-0.4, -0.2) is 57.3 Å². The van der Waals surface area contributed by atoms with Crippen molar-refractivity contribution in [2.45, 2.75) is 30.3 Å². The fraction of sp³-hybridized carbons (Fsp3) is 0.350. The lowest BCUT2D eigenvalue weighted by molar-refractivity contribution is -0.115. The van der Waals surface area contributed by atoms with Crippen LogP contribution >= 0.6 is 23.3 Å². The third-order valence-corrected chi connectivity index (χ3v) is 5.66. The second-order valence-electron chi connectivity index (χ2n) is 6.98. The maximum absolute atomic E-state index is 11.5. The Morgan fingerprint density at radius 2 is 1.87 bits per heavy atom. The van der Waals surface area contributed by atoms with Gasteiger partial charge in [0, 0.05) is 30.1 Å². The van der Waals surface area contributed by atoms with Crippen LogP contribution in [0.15, 0.2) is 40.4 Å². The molecule has 0 aliphatic carbocycles. The Kier molecular flexibility index (Phi) is 8.15. The minimum atomic E-state index is -0.0136. The van der Waals surface area contributed by atoms with Gasteiger partial charge >= 0.3 is 0 Å². The highest BCUT2D eigenvalue weighted by molar-refractivity contribution is 7.99. The molecule has 9 nitrogen and oxygen atoms in total. The first-order chi connectivity index (χ1) is 14.9. The Morgan fingerprint density at radius 3 is 2.52 bits per heavy atom. The quantitative estimate of drug-likeness (QED) is 0.417. The molecule has 164 valence electrons. The number of anilines is 4. The van der Waals surface area contributed by atoms with Crippen molar-refractivity contribution in [3.05, 3.63) is 36.0 Å². The van der Waals surface area contributed by atoms with Crippen molar-refractivity contribution in [3.63, 3.8) is 0 Å². The number of rotatable bonds is 10. The number of carbonyl (C=O) groups is 1. The van der Waals surface area contributed by atoms with Crippen LogP contribution in [0.1, 0.15) is 19.0 Å². The van der Waals surface area contributed by atoms with Gasteiger partial charge in [-0.3, -0.25) is 4.79 Å². The number of aryl methyl sites for hydroxylation is 1. The Labute approximate surface area is 190 Å². The predicted octanol–water partition coefficient (Wildman–Crippen LogP) is 3.85. The van der Waals surface area contributed by atoms with Crippen molar-refractivity contribution < 1.29 is 4.79 Å². The molecule has 3 rings (SSSR count). The van der Waals surface area contributed by atoms with Crippen molar-refractivity contribution in [1.82, 2.24) is 24.2 Å². The van der Waals surface area contributed by atoms with Gasteiger partial charge in [-0.05, 0) is 74.6 Å². The molecule has 0 saturated heterocycles. The van der Waals surface area contributed by atoms with Crippen LogP contribution in [-0.2, 0) is 4.79 Å². The van der Waals surface area contributed by atoms with Gasteiger partial charge in [0.1, 0.15) is 5.00 Å². The number of likely N-dealkylation sites (N-methyl/N-ethyl adjacent to an activating group) is 1. The van der Waals surface area contributed by atoms with Gasteiger partial charge in [-0.1, -0.05) is 6.92 Å². The minimum absolute atomic E-state index is 0.0136. The summed E-state index contributed by atoms with van der Waals surface area (Å²) in [5.41, 5.74) is 1.71. The Balaban J connectivity index is 1.76. The van der Waals surface area contributed by atoms with E-state index in [1.54, 1.807) is 0 Å². The van der Waals surface area contributed by atoms with Crippen molar-refractivity contribution >= 4 is 51.8 Å². The lowest BCUT2D eigenvalue weighted by atomic mass is 10.3. The lowest BCUT2D eigenvalue weighted by Gasteiger charge is -2.12. The van der Waals surface area contributed by atoms with Crippen LogP contribution < -0.4 is 16.0 Å². The smallest absolute Gasteiger partial charge is 0.233 e. The zero-order valence-corrected chi connectivity index (χ0v) is 19.6. The minimum Gasteiger partial charge on any atom is -0.353 e. The number of hydrogen-bond donors (Lipinski definition) is 3. The molecular weight excluding hydrogens is 432 g/mol. The first-order valence-electron chi connectivity index (χ1n) is 9.84. The molecule has 1 aromatic carbocycles.